The highest BCUT2D eigenvalue weighted by Crippen LogP contribution is 2.48. The highest BCUT2D eigenvalue weighted by atomic mass is 28.4. The molecule has 0 aromatic rings. The van der Waals surface area contributed by atoms with E-state index in [4.69, 9.17) is 4.43 Å². The van der Waals surface area contributed by atoms with Crippen molar-refractivity contribution >= 4 is 14.3 Å². The summed E-state index contributed by atoms with van der Waals surface area (Å²) >= 11 is 0. The van der Waals surface area contributed by atoms with Gasteiger partial charge in [0.2, 0.25) is 0 Å². The summed E-state index contributed by atoms with van der Waals surface area (Å²) < 4.78 is 6.02. The Labute approximate surface area is 113 Å². The van der Waals surface area contributed by atoms with Gasteiger partial charge in [-0.2, -0.15) is 0 Å². The fourth-order valence-corrected chi connectivity index (χ4v) is 8.89. The van der Waals surface area contributed by atoms with E-state index in [9.17, 15) is 4.79 Å². The lowest BCUT2D eigenvalue weighted by Gasteiger charge is -2.43. The molecule has 0 saturated heterocycles. The molecule has 3 heteroatoms. The van der Waals surface area contributed by atoms with Crippen LogP contribution >= 0.6 is 0 Å². The second-order valence-electron chi connectivity index (χ2n) is 6.45. The third-order valence-corrected chi connectivity index (χ3v) is 10.3. The summed E-state index contributed by atoms with van der Waals surface area (Å²) in [5, 5.41) is 0. The van der Waals surface area contributed by atoms with Crippen LogP contribution in [0.2, 0.25) is 17.6 Å². The first kappa shape index (κ1) is 14.1. The van der Waals surface area contributed by atoms with E-state index in [-0.39, 0.29) is 5.97 Å². The van der Waals surface area contributed by atoms with Crippen LogP contribution in [0.3, 0.4) is 0 Å². The topological polar surface area (TPSA) is 26.3 Å². The van der Waals surface area contributed by atoms with Gasteiger partial charge in [-0.1, -0.05) is 38.5 Å². The van der Waals surface area contributed by atoms with Crippen LogP contribution < -0.4 is 0 Å². The molecule has 0 aliphatic heterocycles. The minimum atomic E-state index is -1.86. The number of carbonyl (C=O) groups is 1. The fraction of sp³-hybridized carbons (Fsp3) is 0.933. The molecule has 0 amide bonds. The van der Waals surface area contributed by atoms with Gasteiger partial charge in [-0.3, -0.25) is 4.79 Å². The summed E-state index contributed by atoms with van der Waals surface area (Å²) in [5.74, 6) is -0.0275. The molecule has 0 aromatic carbocycles. The first-order chi connectivity index (χ1) is 8.63. The summed E-state index contributed by atoms with van der Waals surface area (Å²) in [6, 6.07) is 0. The van der Waals surface area contributed by atoms with Gasteiger partial charge in [-0.25, -0.2) is 0 Å². The van der Waals surface area contributed by atoms with Gasteiger partial charge in [0.15, 0.2) is 0 Å². The molecule has 2 aliphatic carbocycles. The van der Waals surface area contributed by atoms with E-state index in [1.165, 1.54) is 64.2 Å². The minimum absolute atomic E-state index is 0.0275. The Morgan fingerprint density at radius 1 is 0.889 bits per heavy atom. The Hall–Kier alpha value is -0.313. The molecule has 0 atom stereocenters. The van der Waals surface area contributed by atoms with E-state index in [0.717, 1.165) is 11.1 Å². The van der Waals surface area contributed by atoms with Gasteiger partial charge >= 0.3 is 0 Å². The summed E-state index contributed by atoms with van der Waals surface area (Å²) in [5.41, 5.74) is 1.47. The molecule has 2 rings (SSSR count). The van der Waals surface area contributed by atoms with Gasteiger partial charge < -0.3 is 4.43 Å². The average molecular weight is 268 g/mol. The molecule has 2 aliphatic rings. The zero-order valence-electron chi connectivity index (χ0n) is 12.0. The first-order valence-corrected chi connectivity index (χ1v) is 10.4. The lowest BCUT2D eigenvalue weighted by molar-refractivity contribution is -0.133. The Morgan fingerprint density at radius 3 is 1.61 bits per heavy atom. The second kappa shape index (κ2) is 6.22. The van der Waals surface area contributed by atoms with Crippen molar-refractivity contribution in [2.24, 2.45) is 0 Å². The van der Waals surface area contributed by atoms with Crippen LogP contribution in [0.15, 0.2) is 0 Å². The van der Waals surface area contributed by atoms with Crippen LogP contribution in [0.1, 0.15) is 71.1 Å². The number of carbonyl (C=O) groups excluding carboxylic acids is 1. The molecule has 0 bridgehead atoms. The molecule has 0 spiro atoms. The van der Waals surface area contributed by atoms with E-state index in [1.54, 1.807) is 6.92 Å². The first-order valence-electron chi connectivity index (χ1n) is 7.82. The summed E-state index contributed by atoms with van der Waals surface area (Å²) in [6.45, 7) is 3.97. The van der Waals surface area contributed by atoms with Crippen molar-refractivity contribution in [2.45, 2.75) is 88.8 Å². The Bertz CT molecular complexity index is 260. The molecule has 2 fully saturated rings. The van der Waals surface area contributed by atoms with E-state index in [2.05, 4.69) is 6.55 Å². The maximum absolute atomic E-state index is 11.6. The number of hydrogen-bond donors (Lipinski definition) is 0. The van der Waals surface area contributed by atoms with Gasteiger partial charge in [0.1, 0.15) is 0 Å². The maximum Gasteiger partial charge on any atom is 0.289 e. The van der Waals surface area contributed by atoms with E-state index in [1.807, 2.05) is 0 Å². The van der Waals surface area contributed by atoms with Crippen LogP contribution in [-0.2, 0) is 9.22 Å². The standard InChI is InChI=1S/C15H28O2Si/c1-13(16)17-18(2,14-9-5-3-6-10-14)15-11-7-4-8-12-15/h14-15H,3-12H2,1-2H3. The molecule has 104 valence electrons. The number of rotatable bonds is 3. The van der Waals surface area contributed by atoms with Crippen molar-refractivity contribution in [3.8, 4) is 0 Å². The predicted molar refractivity (Wildman–Crippen MR) is 77.1 cm³/mol. The zero-order chi connectivity index (χ0) is 13.0. The molecular formula is C15H28O2Si. The van der Waals surface area contributed by atoms with Crippen molar-refractivity contribution < 1.29 is 9.22 Å². The zero-order valence-corrected chi connectivity index (χ0v) is 13.0. The highest BCUT2D eigenvalue weighted by Gasteiger charge is 2.48. The molecule has 18 heavy (non-hydrogen) atoms. The van der Waals surface area contributed by atoms with Crippen molar-refractivity contribution in [1.29, 1.82) is 0 Å². The lowest BCUT2D eigenvalue weighted by Crippen LogP contribution is -2.47. The predicted octanol–water partition coefficient (Wildman–Crippen LogP) is 4.79. The van der Waals surface area contributed by atoms with Gasteiger partial charge in [0.05, 0.1) is 0 Å². The maximum atomic E-state index is 11.6. The van der Waals surface area contributed by atoms with E-state index in [0.29, 0.717) is 0 Å². The average Bonchev–Trinajstić information content (AvgIpc) is 2.40. The van der Waals surface area contributed by atoms with Crippen LogP contribution in [0, 0.1) is 0 Å². The van der Waals surface area contributed by atoms with Crippen LogP contribution in [0.5, 0.6) is 0 Å². The second-order valence-corrected chi connectivity index (χ2v) is 10.7. The molecule has 0 unspecified atom stereocenters. The molecule has 0 heterocycles. The molecule has 0 N–H and O–H groups in total. The summed E-state index contributed by atoms with van der Waals surface area (Å²) in [4.78, 5) is 11.6. The van der Waals surface area contributed by atoms with Crippen LogP contribution in [-0.4, -0.2) is 14.3 Å². The van der Waals surface area contributed by atoms with Crippen molar-refractivity contribution in [2.75, 3.05) is 0 Å². The summed E-state index contributed by atoms with van der Waals surface area (Å²) in [6.07, 6.45) is 13.4. The third kappa shape index (κ3) is 3.17. The van der Waals surface area contributed by atoms with Crippen molar-refractivity contribution in [3.63, 3.8) is 0 Å². The molecule has 2 saturated carbocycles. The van der Waals surface area contributed by atoms with Crippen molar-refractivity contribution in [1.82, 2.24) is 0 Å². The van der Waals surface area contributed by atoms with E-state index >= 15 is 0 Å². The smallest absolute Gasteiger partial charge is 0.289 e. The van der Waals surface area contributed by atoms with E-state index < -0.39 is 8.32 Å². The monoisotopic (exact) mass is 268 g/mol. The molecular weight excluding hydrogens is 240 g/mol. The van der Waals surface area contributed by atoms with Crippen LogP contribution in [0.4, 0.5) is 0 Å². The van der Waals surface area contributed by atoms with Gasteiger partial charge in [0.25, 0.3) is 14.3 Å². The Balaban J connectivity index is 2.11. The van der Waals surface area contributed by atoms with Gasteiger partial charge in [-0.15, -0.1) is 0 Å². The number of hydrogen-bond acceptors (Lipinski definition) is 2. The lowest BCUT2D eigenvalue weighted by atomic mass is 9.99. The highest BCUT2D eigenvalue weighted by molar-refractivity contribution is 6.76. The quantitative estimate of drug-likeness (QED) is 0.688. The van der Waals surface area contributed by atoms with Crippen LogP contribution in [0.25, 0.3) is 0 Å². The molecule has 2 nitrogen and oxygen atoms in total. The van der Waals surface area contributed by atoms with Gasteiger partial charge in [0, 0.05) is 6.92 Å². The molecule has 0 aromatic heterocycles. The van der Waals surface area contributed by atoms with Crippen molar-refractivity contribution in [3.05, 3.63) is 0 Å². The third-order valence-electron chi connectivity index (χ3n) is 5.20. The Morgan fingerprint density at radius 2 is 1.28 bits per heavy atom. The fourth-order valence-electron chi connectivity index (χ4n) is 4.16. The van der Waals surface area contributed by atoms with Gasteiger partial charge in [-0.05, 0) is 43.3 Å². The minimum Gasteiger partial charge on any atom is -0.519 e. The summed E-state index contributed by atoms with van der Waals surface area (Å²) in [7, 11) is -1.86. The Kier molecular flexibility index (Phi) is 4.88. The SMILES string of the molecule is CC(=O)O[Si](C)(C1CCCCC1)C1CCCCC1. The normalized spacial score (nSPS) is 23.9. The molecule has 0 radical (unpaired) electrons. The largest absolute Gasteiger partial charge is 0.519 e.